The highest BCUT2D eigenvalue weighted by molar-refractivity contribution is 7.19. The van der Waals surface area contributed by atoms with Gasteiger partial charge in [0.25, 0.3) is 5.91 Å². The lowest BCUT2D eigenvalue weighted by atomic mass is 10.1. The number of hydrogen-bond donors (Lipinski definition) is 1. The molecule has 8 heteroatoms. The van der Waals surface area contributed by atoms with Crippen molar-refractivity contribution in [1.29, 1.82) is 0 Å². The van der Waals surface area contributed by atoms with E-state index in [4.69, 9.17) is 9.72 Å². The summed E-state index contributed by atoms with van der Waals surface area (Å²) in [5.41, 5.74) is 2.86. The van der Waals surface area contributed by atoms with Gasteiger partial charge in [-0.15, -0.1) is 0 Å². The summed E-state index contributed by atoms with van der Waals surface area (Å²) in [5, 5.41) is 3.86. The lowest BCUT2D eigenvalue weighted by Gasteiger charge is -2.35. The maximum atomic E-state index is 13.4. The molecule has 1 N–H and O–H groups in total. The van der Waals surface area contributed by atoms with Gasteiger partial charge in [0.2, 0.25) is 0 Å². The van der Waals surface area contributed by atoms with Crippen LogP contribution in [-0.4, -0.2) is 41.2 Å². The highest BCUT2D eigenvalue weighted by atomic mass is 32.1. The first-order valence-electron chi connectivity index (χ1n) is 10.3. The molecule has 162 valence electrons. The number of morpholine rings is 1. The Labute approximate surface area is 185 Å². The van der Waals surface area contributed by atoms with Crippen LogP contribution >= 0.6 is 11.3 Å². The summed E-state index contributed by atoms with van der Waals surface area (Å²) in [4.78, 5) is 24.9. The molecule has 3 aromatic rings. The summed E-state index contributed by atoms with van der Waals surface area (Å²) >= 11 is 1.61. The smallest absolute Gasteiger partial charge is 0.251 e. The van der Waals surface area contributed by atoms with Crippen LogP contribution in [0.15, 0.2) is 42.7 Å². The zero-order valence-electron chi connectivity index (χ0n) is 17.8. The lowest BCUT2D eigenvalue weighted by molar-refractivity contribution is -0.00523. The number of carbonyl (C=O) groups excluding carboxylic acids is 1. The van der Waals surface area contributed by atoms with E-state index in [1.165, 1.54) is 18.2 Å². The predicted molar refractivity (Wildman–Crippen MR) is 120 cm³/mol. The number of aryl methyl sites for hydroxylation is 1. The Bertz CT molecular complexity index is 1060. The molecule has 1 aliphatic heterocycles. The van der Waals surface area contributed by atoms with E-state index in [0.29, 0.717) is 11.1 Å². The topological polar surface area (TPSA) is 67.4 Å². The SMILES string of the molecule is Cc1cc(F)ccc1C(=O)NCc1nc(N2C[C@@H](C)O[C@@H](C)C2)sc1-c1ccncc1. The van der Waals surface area contributed by atoms with Crippen LogP contribution in [0.4, 0.5) is 9.52 Å². The second kappa shape index (κ2) is 9.11. The van der Waals surface area contributed by atoms with Crippen LogP contribution in [0, 0.1) is 12.7 Å². The molecule has 1 saturated heterocycles. The van der Waals surface area contributed by atoms with Crippen LogP contribution in [-0.2, 0) is 11.3 Å². The van der Waals surface area contributed by atoms with Gasteiger partial charge in [0.05, 0.1) is 29.3 Å². The van der Waals surface area contributed by atoms with Crippen molar-refractivity contribution in [3.63, 3.8) is 0 Å². The molecule has 0 saturated carbocycles. The Morgan fingerprint density at radius 3 is 2.61 bits per heavy atom. The van der Waals surface area contributed by atoms with Gasteiger partial charge in [0.15, 0.2) is 5.13 Å². The highest BCUT2D eigenvalue weighted by Crippen LogP contribution is 2.36. The number of rotatable bonds is 5. The maximum Gasteiger partial charge on any atom is 0.251 e. The second-order valence-electron chi connectivity index (χ2n) is 7.81. The summed E-state index contributed by atoms with van der Waals surface area (Å²) in [6.07, 6.45) is 3.75. The standard InChI is InChI=1S/C23H25FN4O2S/c1-14-10-18(24)4-5-19(14)22(29)26-11-20-21(17-6-8-25-9-7-17)31-23(27-20)28-12-15(2)30-16(3)13-28/h4-10,15-16H,11-13H2,1-3H3,(H,26,29)/t15-,16+. The number of thiazole rings is 1. The summed E-state index contributed by atoms with van der Waals surface area (Å²) in [7, 11) is 0. The molecular formula is C23H25FN4O2S. The average molecular weight is 441 g/mol. The van der Waals surface area contributed by atoms with Crippen LogP contribution in [0.2, 0.25) is 0 Å². The fourth-order valence-electron chi connectivity index (χ4n) is 3.80. The van der Waals surface area contributed by atoms with E-state index in [1.807, 2.05) is 12.1 Å². The molecule has 1 aromatic carbocycles. The van der Waals surface area contributed by atoms with E-state index >= 15 is 0 Å². The molecule has 0 aliphatic carbocycles. The Morgan fingerprint density at radius 1 is 1.23 bits per heavy atom. The van der Waals surface area contributed by atoms with Crippen molar-refractivity contribution in [2.24, 2.45) is 0 Å². The zero-order valence-corrected chi connectivity index (χ0v) is 18.6. The van der Waals surface area contributed by atoms with E-state index in [1.54, 1.807) is 30.7 Å². The number of nitrogens with one attached hydrogen (secondary N) is 1. The molecule has 0 radical (unpaired) electrons. The number of ether oxygens (including phenoxy) is 1. The van der Waals surface area contributed by atoms with Crippen molar-refractivity contribution in [1.82, 2.24) is 15.3 Å². The second-order valence-corrected chi connectivity index (χ2v) is 8.79. The van der Waals surface area contributed by atoms with Gasteiger partial charge in [-0.3, -0.25) is 9.78 Å². The number of benzene rings is 1. The molecule has 0 spiro atoms. The van der Waals surface area contributed by atoms with Crippen LogP contribution in [0.25, 0.3) is 10.4 Å². The molecule has 6 nitrogen and oxygen atoms in total. The number of carbonyl (C=O) groups is 1. The Hall–Kier alpha value is -2.84. The summed E-state index contributed by atoms with van der Waals surface area (Å²) in [6, 6.07) is 8.05. The molecule has 31 heavy (non-hydrogen) atoms. The molecule has 1 aliphatic rings. The van der Waals surface area contributed by atoms with E-state index < -0.39 is 0 Å². The molecular weight excluding hydrogens is 415 g/mol. The van der Waals surface area contributed by atoms with Gasteiger partial charge in [-0.25, -0.2) is 9.37 Å². The molecule has 4 rings (SSSR count). The van der Waals surface area contributed by atoms with Crippen LogP contribution in [0.1, 0.15) is 35.5 Å². The molecule has 2 aromatic heterocycles. The third-order valence-electron chi connectivity index (χ3n) is 5.17. The third-order valence-corrected chi connectivity index (χ3v) is 6.38. The summed E-state index contributed by atoms with van der Waals surface area (Å²) in [5.74, 6) is -0.603. The largest absolute Gasteiger partial charge is 0.372 e. The lowest BCUT2D eigenvalue weighted by Crippen LogP contribution is -2.45. The maximum absolute atomic E-state index is 13.4. The minimum absolute atomic E-state index is 0.127. The number of aromatic nitrogens is 2. The van der Waals surface area contributed by atoms with Crippen molar-refractivity contribution in [3.05, 3.63) is 65.4 Å². The van der Waals surface area contributed by atoms with E-state index in [0.717, 1.165) is 34.4 Å². The van der Waals surface area contributed by atoms with E-state index in [9.17, 15) is 9.18 Å². The van der Waals surface area contributed by atoms with Gasteiger partial charge in [-0.2, -0.15) is 0 Å². The number of nitrogens with zero attached hydrogens (tertiary/aromatic N) is 3. The van der Waals surface area contributed by atoms with E-state index in [2.05, 4.69) is 29.0 Å². The van der Waals surface area contributed by atoms with Crippen molar-refractivity contribution >= 4 is 22.4 Å². The molecule has 1 fully saturated rings. The fourth-order valence-corrected chi connectivity index (χ4v) is 4.90. The molecule has 1 amide bonds. The predicted octanol–water partition coefficient (Wildman–Crippen LogP) is 4.20. The minimum Gasteiger partial charge on any atom is -0.372 e. The number of anilines is 1. The normalized spacial score (nSPS) is 18.8. The van der Waals surface area contributed by atoms with Crippen LogP contribution < -0.4 is 10.2 Å². The van der Waals surface area contributed by atoms with Gasteiger partial charge >= 0.3 is 0 Å². The third kappa shape index (κ3) is 4.91. The van der Waals surface area contributed by atoms with Crippen molar-refractivity contribution in [2.75, 3.05) is 18.0 Å². The Morgan fingerprint density at radius 2 is 1.94 bits per heavy atom. The van der Waals surface area contributed by atoms with Crippen molar-refractivity contribution in [3.8, 4) is 10.4 Å². The minimum atomic E-state index is -0.355. The first-order chi connectivity index (χ1) is 14.9. The number of amides is 1. The number of pyridine rings is 1. The first-order valence-corrected chi connectivity index (χ1v) is 11.1. The monoisotopic (exact) mass is 440 g/mol. The van der Waals surface area contributed by atoms with Gasteiger partial charge in [-0.05, 0) is 62.2 Å². The van der Waals surface area contributed by atoms with Gasteiger partial charge < -0.3 is 15.0 Å². The fraction of sp³-hybridized carbons (Fsp3) is 0.348. The number of halogens is 1. The molecule has 3 heterocycles. The quantitative estimate of drug-likeness (QED) is 0.644. The number of hydrogen-bond acceptors (Lipinski definition) is 6. The first kappa shape index (κ1) is 21.4. The van der Waals surface area contributed by atoms with Gasteiger partial charge in [0.1, 0.15) is 5.82 Å². The Kier molecular flexibility index (Phi) is 6.29. The van der Waals surface area contributed by atoms with Crippen molar-refractivity contribution < 1.29 is 13.9 Å². The zero-order chi connectivity index (χ0) is 22.0. The average Bonchev–Trinajstić information content (AvgIpc) is 3.16. The van der Waals surface area contributed by atoms with Crippen molar-refractivity contribution in [2.45, 2.75) is 39.5 Å². The summed E-state index contributed by atoms with van der Waals surface area (Å²) < 4.78 is 19.2. The van der Waals surface area contributed by atoms with Crippen LogP contribution in [0.3, 0.4) is 0 Å². The highest BCUT2D eigenvalue weighted by Gasteiger charge is 2.26. The van der Waals surface area contributed by atoms with Gasteiger partial charge in [-0.1, -0.05) is 11.3 Å². The molecule has 0 unspecified atom stereocenters. The molecule has 0 bridgehead atoms. The van der Waals surface area contributed by atoms with Gasteiger partial charge in [0, 0.05) is 31.0 Å². The molecule has 2 atom stereocenters. The van der Waals surface area contributed by atoms with E-state index in [-0.39, 0.29) is 30.5 Å². The summed E-state index contributed by atoms with van der Waals surface area (Å²) in [6.45, 7) is 7.67. The Balaban J connectivity index is 1.59. The van der Waals surface area contributed by atoms with Crippen LogP contribution in [0.5, 0.6) is 0 Å².